The Labute approximate surface area is 186 Å². The quantitative estimate of drug-likeness (QED) is 0.591. The first kappa shape index (κ1) is 21.5. The van der Waals surface area contributed by atoms with Crippen LogP contribution in [0.3, 0.4) is 0 Å². The Kier molecular flexibility index (Phi) is 6.64. The molecule has 0 unspecified atom stereocenters. The predicted octanol–water partition coefficient (Wildman–Crippen LogP) is 2.69. The Hall–Kier alpha value is -2.75. The third kappa shape index (κ3) is 5.12. The second kappa shape index (κ2) is 9.59. The number of sulfonamides is 1. The molecule has 0 saturated carbocycles. The Morgan fingerprint density at radius 3 is 2.45 bits per heavy atom. The third-order valence-corrected chi connectivity index (χ3v) is 7.99. The molecule has 31 heavy (non-hydrogen) atoms. The van der Waals surface area contributed by atoms with E-state index in [4.69, 9.17) is 0 Å². The van der Waals surface area contributed by atoms with E-state index in [1.54, 1.807) is 6.20 Å². The summed E-state index contributed by atoms with van der Waals surface area (Å²) in [4.78, 5) is 19.6. The Bertz CT molecular complexity index is 1110. The van der Waals surface area contributed by atoms with E-state index < -0.39 is 10.0 Å². The van der Waals surface area contributed by atoms with Crippen molar-refractivity contribution in [1.82, 2.24) is 14.6 Å². The molecular weight excluding hydrogens is 432 g/mol. The summed E-state index contributed by atoms with van der Waals surface area (Å²) in [5.41, 5.74) is 1.82. The van der Waals surface area contributed by atoms with E-state index in [-0.39, 0.29) is 18.2 Å². The lowest BCUT2D eigenvalue weighted by molar-refractivity contribution is 0.0960. The summed E-state index contributed by atoms with van der Waals surface area (Å²) in [6.07, 6.45) is 1.73. The zero-order valence-electron chi connectivity index (χ0n) is 17.0. The number of pyridine rings is 1. The first-order valence-electron chi connectivity index (χ1n) is 10.1. The number of anilines is 1. The highest BCUT2D eigenvalue weighted by Crippen LogP contribution is 2.28. The summed E-state index contributed by atoms with van der Waals surface area (Å²) in [5, 5.41) is 4.64. The molecule has 0 radical (unpaired) electrons. The van der Waals surface area contributed by atoms with Crippen LogP contribution < -0.4 is 10.2 Å². The van der Waals surface area contributed by atoms with E-state index in [2.05, 4.69) is 15.2 Å². The van der Waals surface area contributed by atoms with E-state index in [9.17, 15) is 13.2 Å². The maximum atomic E-state index is 12.7. The SMILES string of the molecule is O=C(NCCS(=O)(=O)N1CCN(c2ccccn2)CC1)c1sccc1-c1ccccc1. The Morgan fingerprint density at radius 1 is 1.00 bits per heavy atom. The van der Waals surface area contributed by atoms with E-state index in [1.165, 1.54) is 15.6 Å². The van der Waals surface area contributed by atoms with Crippen LogP contribution in [-0.4, -0.2) is 62.1 Å². The average molecular weight is 457 g/mol. The van der Waals surface area contributed by atoms with Crippen LogP contribution in [0, 0.1) is 0 Å². The number of carbonyl (C=O) groups excluding carboxylic acids is 1. The molecule has 3 aromatic rings. The van der Waals surface area contributed by atoms with Crippen molar-refractivity contribution >= 4 is 33.1 Å². The molecule has 1 amide bonds. The number of aromatic nitrogens is 1. The van der Waals surface area contributed by atoms with Crippen molar-refractivity contribution < 1.29 is 13.2 Å². The number of hydrogen-bond acceptors (Lipinski definition) is 6. The van der Waals surface area contributed by atoms with Crippen LogP contribution in [0.5, 0.6) is 0 Å². The number of carbonyl (C=O) groups is 1. The van der Waals surface area contributed by atoms with Gasteiger partial charge in [-0.2, -0.15) is 4.31 Å². The molecule has 0 spiro atoms. The monoisotopic (exact) mass is 456 g/mol. The van der Waals surface area contributed by atoms with E-state index in [0.717, 1.165) is 16.9 Å². The van der Waals surface area contributed by atoms with E-state index in [1.807, 2.05) is 60.0 Å². The van der Waals surface area contributed by atoms with E-state index >= 15 is 0 Å². The van der Waals surface area contributed by atoms with Crippen molar-refractivity contribution in [1.29, 1.82) is 0 Å². The van der Waals surface area contributed by atoms with Gasteiger partial charge < -0.3 is 10.2 Å². The Morgan fingerprint density at radius 2 is 1.74 bits per heavy atom. The minimum Gasteiger partial charge on any atom is -0.354 e. The highest BCUT2D eigenvalue weighted by molar-refractivity contribution is 7.89. The predicted molar refractivity (Wildman–Crippen MR) is 124 cm³/mol. The lowest BCUT2D eigenvalue weighted by Crippen LogP contribution is -2.50. The minimum atomic E-state index is -3.44. The van der Waals surface area contributed by atoms with Crippen LogP contribution in [0.25, 0.3) is 11.1 Å². The van der Waals surface area contributed by atoms with Gasteiger partial charge in [-0.15, -0.1) is 11.3 Å². The van der Waals surface area contributed by atoms with Gasteiger partial charge in [-0.1, -0.05) is 36.4 Å². The number of nitrogens with zero attached hydrogens (tertiary/aromatic N) is 3. The van der Waals surface area contributed by atoms with Crippen molar-refractivity contribution in [2.75, 3.05) is 43.4 Å². The molecule has 3 heterocycles. The molecule has 1 fully saturated rings. The molecular formula is C22H24N4O3S2. The molecule has 2 aromatic heterocycles. The van der Waals surface area contributed by atoms with Gasteiger partial charge in [0.15, 0.2) is 0 Å². The van der Waals surface area contributed by atoms with Gasteiger partial charge in [0.2, 0.25) is 10.0 Å². The van der Waals surface area contributed by atoms with Gasteiger partial charge in [0.05, 0.1) is 10.6 Å². The summed E-state index contributed by atoms with van der Waals surface area (Å²) >= 11 is 1.35. The molecule has 162 valence electrons. The fourth-order valence-corrected chi connectivity index (χ4v) is 5.74. The minimum absolute atomic E-state index is 0.0771. The van der Waals surface area contributed by atoms with Crippen molar-refractivity contribution in [3.8, 4) is 11.1 Å². The average Bonchev–Trinajstić information content (AvgIpc) is 3.30. The van der Waals surface area contributed by atoms with Gasteiger partial charge in [-0.25, -0.2) is 13.4 Å². The molecule has 9 heteroatoms. The molecule has 4 rings (SSSR count). The number of amides is 1. The molecule has 1 saturated heterocycles. The van der Waals surface area contributed by atoms with Crippen LogP contribution in [0.15, 0.2) is 66.2 Å². The van der Waals surface area contributed by atoms with Gasteiger partial charge in [0.25, 0.3) is 5.91 Å². The summed E-state index contributed by atoms with van der Waals surface area (Å²) < 4.78 is 27.0. The number of benzene rings is 1. The zero-order chi connectivity index (χ0) is 21.7. The van der Waals surface area contributed by atoms with Gasteiger partial charge >= 0.3 is 0 Å². The molecule has 0 aliphatic carbocycles. The number of nitrogens with one attached hydrogen (secondary N) is 1. The molecule has 1 N–H and O–H groups in total. The molecule has 1 aromatic carbocycles. The topological polar surface area (TPSA) is 82.6 Å². The van der Waals surface area contributed by atoms with Crippen LogP contribution in [-0.2, 0) is 10.0 Å². The maximum absolute atomic E-state index is 12.7. The summed E-state index contributed by atoms with van der Waals surface area (Å²) in [6, 6.07) is 17.3. The third-order valence-electron chi connectivity index (χ3n) is 5.21. The first-order valence-corrected chi connectivity index (χ1v) is 12.6. The smallest absolute Gasteiger partial charge is 0.262 e. The van der Waals surface area contributed by atoms with Crippen molar-refractivity contribution in [2.45, 2.75) is 0 Å². The van der Waals surface area contributed by atoms with Crippen LogP contribution in [0.1, 0.15) is 9.67 Å². The first-order chi connectivity index (χ1) is 15.0. The van der Waals surface area contributed by atoms with Crippen molar-refractivity contribution in [3.05, 3.63) is 71.1 Å². The van der Waals surface area contributed by atoms with Gasteiger partial charge in [-0.05, 0) is 29.1 Å². The maximum Gasteiger partial charge on any atom is 0.262 e. The lowest BCUT2D eigenvalue weighted by Gasteiger charge is -2.34. The molecule has 1 aliphatic heterocycles. The van der Waals surface area contributed by atoms with Gasteiger partial charge in [0, 0.05) is 44.5 Å². The van der Waals surface area contributed by atoms with Crippen LogP contribution in [0.2, 0.25) is 0 Å². The van der Waals surface area contributed by atoms with Crippen LogP contribution in [0.4, 0.5) is 5.82 Å². The molecule has 1 aliphatic rings. The fraction of sp³-hybridized carbons (Fsp3) is 0.273. The van der Waals surface area contributed by atoms with Crippen LogP contribution >= 0.6 is 11.3 Å². The lowest BCUT2D eigenvalue weighted by atomic mass is 10.1. The normalized spacial score (nSPS) is 15.0. The zero-order valence-corrected chi connectivity index (χ0v) is 18.6. The summed E-state index contributed by atoms with van der Waals surface area (Å²) in [6.45, 7) is 2.09. The second-order valence-electron chi connectivity index (χ2n) is 7.18. The Balaban J connectivity index is 1.30. The standard InChI is InChI=1S/C22H24N4O3S2/c27-22(21-19(9-16-30-21)18-6-2-1-3-7-18)24-11-17-31(28,29)26-14-12-25(13-15-26)20-8-4-5-10-23-20/h1-10,16H,11-15,17H2,(H,24,27). The molecule has 0 atom stereocenters. The van der Waals surface area contributed by atoms with Crippen molar-refractivity contribution in [3.63, 3.8) is 0 Å². The highest BCUT2D eigenvalue weighted by Gasteiger charge is 2.27. The van der Waals surface area contributed by atoms with E-state index in [0.29, 0.717) is 31.1 Å². The largest absolute Gasteiger partial charge is 0.354 e. The molecule has 7 nitrogen and oxygen atoms in total. The summed E-state index contributed by atoms with van der Waals surface area (Å²) in [7, 11) is -3.44. The number of rotatable bonds is 7. The molecule has 0 bridgehead atoms. The van der Waals surface area contributed by atoms with Crippen molar-refractivity contribution in [2.24, 2.45) is 0 Å². The van der Waals surface area contributed by atoms with Gasteiger partial charge in [-0.3, -0.25) is 4.79 Å². The summed E-state index contributed by atoms with van der Waals surface area (Å²) in [5.74, 6) is 0.495. The number of hydrogen-bond donors (Lipinski definition) is 1. The fourth-order valence-electron chi connectivity index (χ4n) is 3.57. The van der Waals surface area contributed by atoms with Gasteiger partial charge in [0.1, 0.15) is 5.82 Å². The number of thiophene rings is 1. The second-order valence-corrected chi connectivity index (χ2v) is 10.2. The number of piperazine rings is 1. The highest BCUT2D eigenvalue weighted by atomic mass is 32.2.